The number of hydrogen-bond acceptors (Lipinski definition) is 7. The van der Waals surface area contributed by atoms with Crippen molar-refractivity contribution in [2.24, 2.45) is 0 Å². The monoisotopic (exact) mass is 519 g/mol. The minimum atomic E-state index is -0.323. The van der Waals surface area contributed by atoms with E-state index in [0.717, 1.165) is 74.4 Å². The number of pyridine rings is 2. The van der Waals surface area contributed by atoms with Gasteiger partial charge in [0, 0.05) is 42.8 Å². The normalized spacial score (nSPS) is 18.0. The van der Waals surface area contributed by atoms with Crippen molar-refractivity contribution in [3.05, 3.63) is 47.8 Å². The summed E-state index contributed by atoms with van der Waals surface area (Å²) in [6, 6.07) is 4.18. The number of nitrogens with one attached hydrogen (secondary N) is 1. The van der Waals surface area contributed by atoms with Crippen LogP contribution in [0.15, 0.2) is 30.9 Å². The molecule has 1 N–H and O–H groups in total. The summed E-state index contributed by atoms with van der Waals surface area (Å²) in [7, 11) is 1.60. The second kappa shape index (κ2) is 10.4. The lowest BCUT2D eigenvalue weighted by atomic mass is 9.88. The fraction of sp³-hybridized carbons (Fsp3) is 0.500. The number of aromatic amines is 1. The summed E-state index contributed by atoms with van der Waals surface area (Å²) in [5.74, 6) is 0.670. The SMILES string of the molecule is COc1cc(-c2n[nH]c(-c3ncc(C4CCN(C5CCOCC5)CC4)cc3F)c2C(C)C)cn2ncnc12. The van der Waals surface area contributed by atoms with Crippen LogP contribution in [0.2, 0.25) is 0 Å². The zero-order valence-electron chi connectivity index (χ0n) is 22.2. The third kappa shape index (κ3) is 4.56. The van der Waals surface area contributed by atoms with Crippen molar-refractivity contribution in [2.75, 3.05) is 33.4 Å². The molecule has 2 aliphatic rings. The summed E-state index contributed by atoms with van der Waals surface area (Å²) in [6.07, 6.45) is 9.46. The molecule has 0 saturated carbocycles. The van der Waals surface area contributed by atoms with E-state index < -0.39 is 0 Å². The highest BCUT2D eigenvalue weighted by molar-refractivity contribution is 5.75. The Bertz CT molecular complexity index is 1420. The number of likely N-dealkylation sites (tertiary alicyclic amines) is 1. The molecule has 9 nitrogen and oxygen atoms in total. The number of fused-ring (bicyclic) bond motifs is 1. The van der Waals surface area contributed by atoms with Gasteiger partial charge in [-0.05, 0) is 68.3 Å². The van der Waals surface area contributed by atoms with Gasteiger partial charge in [0.25, 0.3) is 0 Å². The highest BCUT2D eigenvalue weighted by Gasteiger charge is 2.29. The van der Waals surface area contributed by atoms with Crippen molar-refractivity contribution in [3.63, 3.8) is 0 Å². The van der Waals surface area contributed by atoms with Crippen molar-refractivity contribution in [2.45, 2.75) is 57.4 Å². The molecule has 2 saturated heterocycles. The lowest BCUT2D eigenvalue weighted by Gasteiger charge is -2.39. The summed E-state index contributed by atoms with van der Waals surface area (Å²) in [4.78, 5) is 11.5. The van der Waals surface area contributed by atoms with Crippen LogP contribution in [0, 0.1) is 5.82 Å². The lowest BCUT2D eigenvalue weighted by Crippen LogP contribution is -2.43. The number of H-pyrrole nitrogens is 1. The number of hydrogen-bond donors (Lipinski definition) is 1. The van der Waals surface area contributed by atoms with Crippen LogP contribution in [0.5, 0.6) is 5.75 Å². The van der Waals surface area contributed by atoms with Crippen LogP contribution in [0.3, 0.4) is 0 Å². The van der Waals surface area contributed by atoms with Crippen LogP contribution >= 0.6 is 0 Å². The molecule has 6 heterocycles. The number of rotatable bonds is 6. The number of piperidine rings is 1. The first kappa shape index (κ1) is 24.9. The van der Waals surface area contributed by atoms with Crippen LogP contribution < -0.4 is 4.74 Å². The van der Waals surface area contributed by atoms with Crippen LogP contribution in [-0.4, -0.2) is 74.1 Å². The van der Waals surface area contributed by atoms with Gasteiger partial charge in [0.05, 0.1) is 18.5 Å². The van der Waals surface area contributed by atoms with Gasteiger partial charge in [0.1, 0.15) is 12.0 Å². The molecular weight excluding hydrogens is 485 g/mol. The van der Waals surface area contributed by atoms with Crippen LogP contribution in [0.25, 0.3) is 28.3 Å². The van der Waals surface area contributed by atoms with Crippen LogP contribution in [0.1, 0.15) is 62.5 Å². The van der Waals surface area contributed by atoms with Crippen molar-refractivity contribution in [1.29, 1.82) is 0 Å². The third-order valence-corrected chi connectivity index (χ3v) is 8.02. The Balaban J connectivity index is 1.27. The largest absolute Gasteiger partial charge is 0.493 e. The predicted octanol–water partition coefficient (Wildman–Crippen LogP) is 4.81. The van der Waals surface area contributed by atoms with E-state index in [4.69, 9.17) is 9.47 Å². The molecule has 0 spiro atoms. The number of methoxy groups -OCH3 is 1. The van der Waals surface area contributed by atoms with E-state index in [2.05, 4.69) is 44.0 Å². The van der Waals surface area contributed by atoms with Gasteiger partial charge in [0.2, 0.25) is 0 Å². The maximum absolute atomic E-state index is 15.6. The topological polar surface area (TPSA) is 93.5 Å². The van der Waals surface area contributed by atoms with E-state index in [1.165, 1.54) is 6.33 Å². The zero-order valence-corrected chi connectivity index (χ0v) is 22.2. The Hall–Kier alpha value is -3.37. The second-order valence-electron chi connectivity index (χ2n) is 10.6. The first-order valence-corrected chi connectivity index (χ1v) is 13.5. The molecule has 38 heavy (non-hydrogen) atoms. The third-order valence-electron chi connectivity index (χ3n) is 8.02. The molecule has 2 fully saturated rings. The maximum Gasteiger partial charge on any atom is 0.197 e. The first-order valence-electron chi connectivity index (χ1n) is 13.5. The maximum atomic E-state index is 15.6. The summed E-state index contributed by atoms with van der Waals surface area (Å²) < 4.78 is 28.3. The summed E-state index contributed by atoms with van der Waals surface area (Å²) in [5.41, 5.74) is 4.92. The van der Waals surface area contributed by atoms with Gasteiger partial charge in [-0.1, -0.05) is 13.8 Å². The lowest BCUT2D eigenvalue weighted by molar-refractivity contribution is 0.0251. The molecule has 6 rings (SSSR count). The van der Waals surface area contributed by atoms with E-state index >= 15 is 4.39 Å². The van der Waals surface area contributed by atoms with Gasteiger partial charge >= 0.3 is 0 Å². The molecule has 0 aromatic carbocycles. The van der Waals surface area contributed by atoms with E-state index in [0.29, 0.717) is 34.7 Å². The van der Waals surface area contributed by atoms with Gasteiger partial charge in [0.15, 0.2) is 17.2 Å². The molecule has 200 valence electrons. The van der Waals surface area contributed by atoms with E-state index in [1.54, 1.807) is 17.7 Å². The highest BCUT2D eigenvalue weighted by Crippen LogP contribution is 2.38. The van der Waals surface area contributed by atoms with Crippen molar-refractivity contribution >= 4 is 5.65 Å². The van der Waals surface area contributed by atoms with Crippen molar-refractivity contribution in [3.8, 4) is 28.4 Å². The quantitative estimate of drug-likeness (QED) is 0.391. The van der Waals surface area contributed by atoms with Gasteiger partial charge in [-0.2, -0.15) is 10.2 Å². The number of ether oxygens (including phenoxy) is 2. The molecule has 2 aliphatic heterocycles. The zero-order chi connectivity index (χ0) is 26.2. The molecule has 4 aromatic rings. The Morgan fingerprint density at radius 1 is 1.08 bits per heavy atom. The van der Waals surface area contributed by atoms with E-state index in [-0.39, 0.29) is 11.7 Å². The average molecular weight is 520 g/mol. The molecule has 0 bridgehead atoms. The molecular formula is C28H34FN7O2. The molecule has 0 aliphatic carbocycles. The molecule has 0 atom stereocenters. The summed E-state index contributed by atoms with van der Waals surface area (Å²) in [5, 5.41) is 11.9. The molecule has 0 unspecified atom stereocenters. The minimum absolute atomic E-state index is 0.0755. The van der Waals surface area contributed by atoms with Gasteiger partial charge < -0.3 is 14.4 Å². The smallest absolute Gasteiger partial charge is 0.197 e. The fourth-order valence-electron chi connectivity index (χ4n) is 6.00. The Morgan fingerprint density at radius 3 is 2.58 bits per heavy atom. The second-order valence-corrected chi connectivity index (χ2v) is 10.6. The van der Waals surface area contributed by atoms with E-state index in [9.17, 15) is 0 Å². The molecule has 10 heteroatoms. The highest BCUT2D eigenvalue weighted by atomic mass is 19.1. The molecule has 0 radical (unpaired) electrons. The van der Waals surface area contributed by atoms with Crippen molar-refractivity contribution < 1.29 is 13.9 Å². The number of nitrogens with zero attached hydrogens (tertiary/aromatic N) is 6. The van der Waals surface area contributed by atoms with Crippen molar-refractivity contribution in [1.82, 2.24) is 34.7 Å². The number of halogens is 1. The Morgan fingerprint density at radius 2 is 1.87 bits per heavy atom. The van der Waals surface area contributed by atoms with Crippen LogP contribution in [0.4, 0.5) is 4.39 Å². The minimum Gasteiger partial charge on any atom is -0.493 e. The summed E-state index contributed by atoms with van der Waals surface area (Å²) in [6.45, 7) is 7.94. The number of aromatic nitrogens is 6. The molecule has 4 aromatic heterocycles. The van der Waals surface area contributed by atoms with Gasteiger partial charge in [-0.25, -0.2) is 13.9 Å². The fourth-order valence-corrected chi connectivity index (χ4v) is 6.00. The Kier molecular flexibility index (Phi) is 6.84. The van der Waals surface area contributed by atoms with E-state index in [1.807, 2.05) is 18.5 Å². The average Bonchev–Trinajstić information content (AvgIpc) is 3.61. The van der Waals surface area contributed by atoms with Gasteiger partial charge in [-0.15, -0.1) is 0 Å². The standard InChI is InChI=1S/C28H34FN7O2/c1-17(2)24-25(20-13-23(37-3)28-31-16-32-36(28)15-20)33-34-27(24)26-22(29)12-19(14-30-26)18-4-8-35(9-5-18)21-6-10-38-11-7-21/h12-18,21H,4-11H2,1-3H3,(H,33,34). The molecule has 0 amide bonds. The Labute approximate surface area is 221 Å². The predicted molar refractivity (Wildman–Crippen MR) is 142 cm³/mol. The van der Waals surface area contributed by atoms with Gasteiger partial charge in [-0.3, -0.25) is 10.1 Å². The van der Waals surface area contributed by atoms with Crippen LogP contribution in [-0.2, 0) is 4.74 Å². The summed E-state index contributed by atoms with van der Waals surface area (Å²) >= 11 is 0. The first-order chi connectivity index (χ1) is 18.5.